The Balaban J connectivity index is 1.50. The van der Waals surface area contributed by atoms with Gasteiger partial charge in [0.15, 0.2) is 17.5 Å². The molecule has 0 spiro atoms. The lowest BCUT2D eigenvalue weighted by Crippen LogP contribution is -2.53. The molecule has 1 saturated heterocycles. The van der Waals surface area contributed by atoms with Gasteiger partial charge in [-0.3, -0.25) is 5.10 Å². The van der Waals surface area contributed by atoms with E-state index < -0.39 is 0 Å². The summed E-state index contributed by atoms with van der Waals surface area (Å²) < 4.78 is 1.05. The zero-order valence-corrected chi connectivity index (χ0v) is 21.2. The predicted octanol–water partition coefficient (Wildman–Crippen LogP) is 4.53. The van der Waals surface area contributed by atoms with Crippen LogP contribution in [0.2, 0.25) is 0 Å². The van der Waals surface area contributed by atoms with E-state index in [1.807, 2.05) is 31.2 Å². The summed E-state index contributed by atoms with van der Waals surface area (Å²) in [5.41, 5.74) is 4.05. The molecule has 4 aromatic rings. The number of hydrogen-bond acceptors (Lipinski definition) is 7. The molecule has 2 aromatic carbocycles. The summed E-state index contributed by atoms with van der Waals surface area (Å²) in [5, 5.41) is 24.7. The SMILES string of the molecule is Cc1[nH]nc2ccc(-c3nnc(NCc4cccc(Br)c4)c(N4CCN[C@@H](C(C)C)C4)n3)cc12. The fourth-order valence-corrected chi connectivity index (χ4v) is 4.75. The molecule has 0 radical (unpaired) electrons. The number of nitrogens with one attached hydrogen (secondary N) is 3. The van der Waals surface area contributed by atoms with Crippen LogP contribution in [0, 0.1) is 12.8 Å². The summed E-state index contributed by atoms with van der Waals surface area (Å²) >= 11 is 3.55. The first kappa shape index (κ1) is 22.7. The molecular formula is C25H29BrN8. The quantitative estimate of drug-likeness (QED) is 0.343. The Morgan fingerprint density at radius 1 is 1.18 bits per heavy atom. The first-order valence-electron chi connectivity index (χ1n) is 11.6. The third-order valence-corrected chi connectivity index (χ3v) is 6.82. The van der Waals surface area contributed by atoms with E-state index in [1.54, 1.807) is 0 Å². The fraction of sp³-hybridized carbons (Fsp3) is 0.360. The standard InChI is InChI=1S/C25H29BrN8/c1-15(2)22-14-34(10-9-27-22)25-24(28-13-17-5-4-6-19(26)11-17)33-32-23(29-25)18-7-8-21-20(12-18)16(3)30-31-21/h4-8,11-12,15,22,27H,9-10,13-14H2,1-3H3,(H,28,33)(H,30,31)/t22-/m1/s1. The van der Waals surface area contributed by atoms with Crippen molar-refractivity contribution in [3.63, 3.8) is 0 Å². The van der Waals surface area contributed by atoms with Crippen LogP contribution in [0.15, 0.2) is 46.9 Å². The third kappa shape index (κ3) is 4.76. The second-order valence-electron chi connectivity index (χ2n) is 9.12. The van der Waals surface area contributed by atoms with Crippen molar-refractivity contribution in [1.29, 1.82) is 0 Å². The van der Waals surface area contributed by atoms with Gasteiger partial charge in [-0.05, 0) is 48.7 Å². The maximum atomic E-state index is 5.03. The number of nitrogens with zero attached hydrogens (tertiary/aromatic N) is 5. The van der Waals surface area contributed by atoms with Gasteiger partial charge in [0, 0.05) is 53.3 Å². The largest absolute Gasteiger partial charge is 0.361 e. The first-order valence-corrected chi connectivity index (χ1v) is 12.4. The zero-order chi connectivity index (χ0) is 23.7. The van der Waals surface area contributed by atoms with E-state index in [-0.39, 0.29) is 0 Å². The van der Waals surface area contributed by atoms with Crippen molar-refractivity contribution in [2.75, 3.05) is 29.9 Å². The molecule has 0 saturated carbocycles. The van der Waals surface area contributed by atoms with E-state index in [1.165, 1.54) is 0 Å². The Morgan fingerprint density at radius 2 is 2.06 bits per heavy atom. The average molecular weight is 521 g/mol. The van der Waals surface area contributed by atoms with E-state index in [9.17, 15) is 0 Å². The molecule has 34 heavy (non-hydrogen) atoms. The molecule has 0 unspecified atom stereocenters. The van der Waals surface area contributed by atoms with E-state index in [4.69, 9.17) is 4.98 Å². The van der Waals surface area contributed by atoms with Crippen molar-refractivity contribution >= 4 is 38.5 Å². The number of hydrogen-bond donors (Lipinski definition) is 3. The van der Waals surface area contributed by atoms with Crippen molar-refractivity contribution in [2.24, 2.45) is 5.92 Å². The molecule has 3 heterocycles. The highest BCUT2D eigenvalue weighted by Gasteiger charge is 2.26. The normalized spacial score (nSPS) is 16.4. The maximum absolute atomic E-state index is 5.03. The highest BCUT2D eigenvalue weighted by Crippen LogP contribution is 2.28. The van der Waals surface area contributed by atoms with E-state index >= 15 is 0 Å². The van der Waals surface area contributed by atoms with E-state index in [0.717, 1.165) is 57.6 Å². The lowest BCUT2D eigenvalue weighted by atomic mass is 10.0. The monoisotopic (exact) mass is 520 g/mol. The highest BCUT2D eigenvalue weighted by molar-refractivity contribution is 9.10. The summed E-state index contributed by atoms with van der Waals surface area (Å²) in [6.45, 7) is 9.81. The Bertz CT molecular complexity index is 1300. The second-order valence-corrected chi connectivity index (χ2v) is 10.0. The molecular weight excluding hydrogens is 492 g/mol. The number of halogens is 1. The summed E-state index contributed by atoms with van der Waals surface area (Å²) in [6.07, 6.45) is 0. The van der Waals surface area contributed by atoms with Gasteiger partial charge in [-0.25, -0.2) is 4.98 Å². The number of aromatic nitrogens is 5. The summed E-state index contributed by atoms with van der Waals surface area (Å²) in [5.74, 6) is 2.69. The van der Waals surface area contributed by atoms with Gasteiger partial charge in [0.05, 0.1) is 5.52 Å². The van der Waals surface area contributed by atoms with Crippen LogP contribution in [0.5, 0.6) is 0 Å². The number of benzene rings is 2. The van der Waals surface area contributed by atoms with Gasteiger partial charge < -0.3 is 15.5 Å². The highest BCUT2D eigenvalue weighted by atomic mass is 79.9. The summed E-state index contributed by atoms with van der Waals surface area (Å²) in [7, 11) is 0. The Hall–Kier alpha value is -3.04. The van der Waals surface area contributed by atoms with Crippen LogP contribution in [-0.2, 0) is 6.54 Å². The van der Waals surface area contributed by atoms with Crippen LogP contribution in [0.25, 0.3) is 22.3 Å². The first-order chi connectivity index (χ1) is 16.5. The van der Waals surface area contributed by atoms with Crippen molar-refractivity contribution in [3.05, 3.63) is 58.2 Å². The van der Waals surface area contributed by atoms with Gasteiger partial charge in [-0.1, -0.05) is 41.9 Å². The summed E-state index contributed by atoms with van der Waals surface area (Å²) in [6, 6.07) is 14.7. The molecule has 176 valence electrons. The number of piperazine rings is 1. The molecule has 1 aliphatic heterocycles. The lowest BCUT2D eigenvalue weighted by Gasteiger charge is -2.37. The van der Waals surface area contributed by atoms with E-state index in [0.29, 0.717) is 30.1 Å². The molecule has 0 amide bonds. The number of aryl methyl sites for hydroxylation is 1. The molecule has 5 rings (SSSR count). The topological polar surface area (TPSA) is 94.6 Å². The molecule has 0 aliphatic carbocycles. The van der Waals surface area contributed by atoms with Crippen LogP contribution in [0.3, 0.4) is 0 Å². The number of fused-ring (bicyclic) bond motifs is 1. The van der Waals surface area contributed by atoms with Crippen molar-refractivity contribution < 1.29 is 0 Å². The summed E-state index contributed by atoms with van der Waals surface area (Å²) in [4.78, 5) is 7.36. The smallest absolute Gasteiger partial charge is 0.192 e. The number of rotatable bonds is 6. The van der Waals surface area contributed by atoms with Crippen molar-refractivity contribution in [3.8, 4) is 11.4 Å². The van der Waals surface area contributed by atoms with Crippen molar-refractivity contribution in [2.45, 2.75) is 33.4 Å². The molecule has 1 atom stereocenters. The van der Waals surface area contributed by atoms with Crippen LogP contribution in [-0.4, -0.2) is 51.1 Å². The van der Waals surface area contributed by atoms with E-state index in [2.05, 4.69) is 83.9 Å². The molecule has 2 aromatic heterocycles. The minimum Gasteiger partial charge on any atom is -0.361 e. The lowest BCUT2D eigenvalue weighted by molar-refractivity contribution is 0.367. The van der Waals surface area contributed by atoms with Crippen LogP contribution in [0.1, 0.15) is 25.1 Å². The Kier molecular flexibility index (Phi) is 6.47. The molecule has 1 aliphatic rings. The van der Waals surface area contributed by atoms with Gasteiger partial charge in [-0.15, -0.1) is 10.2 Å². The van der Waals surface area contributed by atoms with Gasteiger partial charge in [0.1, 0.15) is 0 Å². The Labute approximate surface area is 207 Å². The molecule has 9 heteroatoms. The maximum Gasteiger partial charge on any atom is 0.192 e. The van der Waals surface area contributed by atoms with Crippen LogP contribution >= 0.6 is 15.9 Å². The second kappa shape index (κ2) is 9.68. The minimum atomic E-state index is 0.398. The molecule has 8 nitrogen and oxygen atoms in total. The zero-order valence-electron chi connectivity index (χ0n) is 19.6. The van der Waals surface area contributed by atoms with Crippen molar-refractivity contribution in [1.82, 2.24) is 30.7 Å². The van der Waals surface area contributed by atoms with Gasteiger partial charge in [-0.2, -0.15) is 5.10 Å². The number of aromatic amines is 1. The molecule has 0 bridgehead atoms. The van der Waals surface area contributed by atoms with Crippen LogP contribution < -0.4 is 15.5 Å². The molecule has 3 N–H and O–H groups in total. The van der Waals surface area contributed by atoms with Crippen LogP contribution in [0.4, 0.5) is 11.6 Å². The van der Waals surface area contributed by atoms with Gasteiger partial charge >= 0.3 is 0 Å². The third-order valence-electron chi connectivity index (χ3n) is 6.33. The number of H-pyrrole nitrogens is 1. The predicted molar refractivity (Wildman–Crippen MR) is 140 cm³/mol. The minimum absolute atomic E-state index is 0.398. The average Bonchev–Trinajstić information content (AvgIpc) is 3.23. The molecule has 1 fully saturated rings. The van der Waals surface area contributed by atoms with Gasteiger partial charge in [0.25, 0.3) is 0 Å². The fourth-order valence-electron chi connectivity index (χ4n) is 4.30. The number of anilines is 2. The van der Waals surface area contributed by atoms with Gasteiger partial charge in [0.2, 0.25) is 0 Å². The Morgan fingerprint density at radius 3 is 2.88 bits per heavy atom.